The summed E-state index contributed by atoms with van der Waals surface area (Å²) < 4.78 is 12.6. The second-order valence-electron chi connectivity index (χ2n) is 4.51. The highest BCUT2D eigenvalue weighted by atomic mass is 16.7. The van der Waals surface area contributed by atoms with Gasteiger partial charge >= 0.3 is 0 Å². The Morgan fingerprint density at radius 2 is 1.86 bits per heavy atom. The quantitative estimate of drug-likeness (QED) is 0.422. The molecule has 2 rings (SSSR count). The van der Waals surface area contributed by atoms with E-state index in [0.29, 0.717) is 25.5 Å². The number of non-ortho nitro benzene ring substituents is 1. The van der Waals surface area contributed by atoms with E-state index >= 15 is 0 Å². The third kappa shape index (κ3) is 4.09. The molecule has 1 aromatic heterocycles. The van der Waals surface area contributed by atoms with Crippen molar-refractivity contribution >= 4 is 5.69 Å². The summed E-state index contributed by atoms with van der Waals surface area (Å²) in [5, 5.41) is 18.7. The average molecular weight is 306 g/mol. The van der Waals surface area contributed by atoms with Crippen LogP contribution in [0.1, 0.15) is 31.4 Å². The molecular formula is C14H18N4O4. The van der Waals surface area contributed by atoms with Crippen molar-refractivity contribution in [2.45, 2.75) is 26.7 Å². The van der Waals surface area contributed by atoms with E-state index < -0.39 is 11.2 Å². The minimum Gasteiger partial charge on any atom is -0.347 e. The molecule has 0 saturated heterocycles. The summed E-state index contributed by atoms with van der Waals surface area (Å²) in [5.74, 6) is 0. The smallest absolute Gasteiger partial charge is 0.269 e. The fourth-order valence-electron chi connectivity index (χ4n) is 1.93. The van der Waals surface area contributed by atoms with E-state index in [4.69, 9.17) is 9.47 Å². The van der Waals surface area contributed by atoms with Crippen LogP contribution in [-0.2, 0) is 16.0 Å². The summed E-state index contributed by atoms with van der Waals surface area (Å²) in [6, 6.07) is 6.33. The predicted molar refractivity (Wildman–Crippen MR) is 78.2 cm³/mol. The van der Waals surface area contributed by atoms with Gasteiger partial charge in [0.15, 0.2) is 0 Å². The number of hydrogen-bond acceptors (Lipinski definition) is 6. The minimum absolute atomic E-state index is 0.0655. The lowest BCUT2D eigenvalue weighted by Gasteiger charge is -2.13. The van der Waals surface area contributed by atoms with Gasteiger partial charge in [-0.1, -0.05) is 17.3 Å². The summed E-state index contributed by atoms with van der Waals surface area (Å²) in [5.41, 5.74) is 1.56. The van der Waals surface area contributed by atoms with Gasteiger partial charge < -0.3 is 9.47 Å². The van der Waals surface area contributed by atoms with Gasteiger partial charge in [0.05, 0.1) is 17.7 Å². The fourth-order valence-corrected chi connectivity index (χ4v) is 1.93. The number of aromatic nitrogens is 3. The third-order valence-corrected chi connectivity index (χ3v) is 2.93. The molecule has 0 spiro atoms. The number of hydrogen-bond donors (Lipinski definition) is 0. The fraction of sp³-hybridized carbons (Fsp3) is 0.429. The van der Waals surface area contributed by atoms with Gasteiger partial charge in [-0.05, 0) is 19.4 Å². The van der Waals surface area contributed by atoms with Crippen molar-refractivity contribution in [1.82, 2.24) is 15.0 Å². The largest absolute Gasteiger partial charge is 0.347 e. The highest BCUT2D eigenvalue weighted by molar-refractivity contribution is 5.32. The Labute approximate surface area is 127 Å². The van der Waals surface area contributed by atoms with E-state index in [1.807, 2.05) is 13.8 Å². The summed E-state index contributed by atoms with van der Waals surface area (Å²) in [6.07, 6.45) is 1.22. The molecule has 0 bridgehead atoms. The standard InChI is InChI=1S/C14H18N4O4/c1-3-21-14(22-4-2)13-10-17(16-15-13)9-11-5-7-12(8-6-11)18(19)20/h5-8,10,14H,3-4,9H2,1-2H3. The summed E-state index contributed by atoms with van der Waals surface area (Å²) in [6.45, 7) is 5.26. The highest BCUT2D eigenvalue weighted by Gasteiger charge is 2.15. The molecular weight excluding hydrogens is 288 g/mol. The van der Waals surface area contributed by atoms with Crippen molar-refractivity contribution in [1.29, 1.82) is 0 Å². The molecule has 8 nitrogen and oxygen atoms in total. The highest BCUT2D eigenvalue weighted by Crippen LogP contribution is 2.17. The first-order chi connectivity index (χ1) is 10.6. The zero-order valence-corrected chi connectivity index (χ0v) is 12.5. The van der Waals surface area contributed by atoms with E-state index in [1.165, 1.54) is 12.1 Å². The van der Waals surface area contributed by atoms with Gasteiger partial charge in [0.25, 0.3) is 5.69 Å². The van der Waals surface area contributed by atoms with Crippen LogP contribution in [0.3, 0.4) is 0 Å². The molecule has 1 heterocycles. The van der Waals surface area contributed by atoms with Crippen molar-refractivity contribution in [2.75, 3.05) is 13.2 Å². The lowest BCUT2D eigenvalue weighted by Crippen LogP contribution is -2.09. The van der Waals surface area contributed by atoms with Crippen LogP contribution in [0.4, 0.5) is 5.69 Å². The van der Waals surface area contributed by atoms with Crippen LogP contribution in [0.5, 0.6) is 0 Å². The van der Waals surface area contributed by atoms with Crippen LogP contribution in [0.2, 0.25) is 0 Å². The number of benzene rings is 1. The molecule has 0 aliphatic carbocycles. The van der Waals surface area contributed by atoms with Gasteiger partial charge in [-0.2, -0.15) is 0 Å². The first-order valence-electron chi connectivity index (χ1n) is 7.00. The van der Waals surface area contributed by atoms with Crippen LogP contribution in [0.25, 0.3) is 0 Å². The molecule has 1 aromatic carbocycles. The molecule has 0 atom stereocenters. The van der Waals surface area contributed by atoms with E-state index in [1.54, 1.807) is 23.0 Å². The summed E-state index contributed by atoms with van der Waals surface area (Å²) >= 11 is 0. The average Bonchev–Trinajstić information content (AvgIpc) is 2.96. The van der Waals surface area contributed by atoms with Gasteiger partial charge in [0.2, 0.25) is 6.29 Å². The Balaban J connectivity index is 2.06. The lowest BCUT2D eigenvalue weighted by molar-refractivity contribution is -0.384. The Hall–Kier alpha value is -2.32. The summed E-state index contributed by atoms with van der Waals surface area (Å²) in [7, 11) is 0. The second-order valence-corrected chi connectivity index (χ2v) is 4.51. The van der Waals surface area contributed by atoms with Gasteiger partial charge in [-0.15, -0.1) is 5.10 Å². The predicted octanol–water partition coefficient (Wildman–Crippen LogP) is 2.31. The molecule has 0 amide bonds. The Morgan fingerprint density at radius 3 is 2.41 bits per heavy atom. The molecule has 0 fully saturated rings. The normalized spacial score (nSPS) is 11.0. The number of nitro benzene ring substituents is 1. The number of nitro groups is 1. The van der Waals surface area contributed by atoms with Crippen molar-refractivity contribution < 1.29 is 14.4 Å². The zero-order chi connectivity index (χ0) is 15.9. The molecule has 0 aliphatic rings. The van der Waals surface area contributed by atoms with Crippen LogP contribution in [0, 0.1) is 10.1 Å². The molecule has 0 radical (unpaired) electrons. The molecule has 0 unspecified atom stereocenters. The Morgan fingerprint density at radius 1 is 1.23 bits per heavy atom. The monoisotopic (exact) mass is 306 g/mol. The molecule has 0 aliphatic heterocycles. The van der Waals surface area contributed by atoms with Gasteiger partial charge in [-0.25, -0.2) is 4.68 Å². The van der Waals surface area contributed by atoms with Crippen LogP contribution >= 0.6 is 0 Å². The minimum atomic E-state index is -0.527. The van der Waals surface area contributed by atoms with Crippen molar-refractivity contribution in [2.24, 2.45) is 0 Å². The van der Waals surface area contributed by atoms with Gasteiger partial charge in [0.1, 0.15) is 5.69 Å². The number of ether oxygens (including phenoxy) is 2. The van der Waals surface area contributed by atoms with E-state index in [2.05, 4.69) is 10.3 Å². The third-order valence-electron chi connectivity index (χ3n) is 2.93. The van der Waals surface area contributed by atoms with Crippen LogP contribution in [-0.4, -0.2) is 33.1 Å². The molecule has 118 valence electrons. The number of nitrogens with zero attached hydrogens (tertiary/aromatic N) is 4. The molecule has 22 heavy (non-hydrogen) atoms. The van der Waals surface area contributed by atoms with Crippen molar-refractivity contribution in [3.8, 4) is 0 Å². The van der Waals surface area contributed by atoms with Crippen LogP contribution < -0.4 is 0 Å². The van der Waals surface area contributed by atoms with E-state index in [9.17, 15) is 10.1 Å². The lowest BCUT2D eigenvalue weighted by atomic mass is 10.2. The van der Waals surface area contributed by atoms with E-state index in [0.717, 1.165) is 5.56 Å². The first-order valence-corrected chi connectivity index (χ1v) is 7.00. The summed E-state index contributed by atoms with van der Waals surface area (Å²) in [4.78, 5) is 10.2. The number of rotatable bonds is 8. The molecule has 0 saturated carbocycles. The SMILES string of the molecule is CCOC(OCC)c1cn(Cc2ccc([N+](=O)[O-])cc2)nn1. The van der Waals surface area contributed by atoms with Crippen molar-refractivity contribution in [3.63, 3.8) is 0 Å². The first kappa shape index (κ1) is 16.1. The maximum atomic E-state index is 10.6. The molecule has 2 aromatic rings. The van der Waals surface area contributed by atoms with Gasteiger partial charge in [0, 0.05) is 25.3 Å². The topological polar surface area (TPSA) is 92.3 Å². The Bertz CT molecular complexity index is 606. The van der Waals surface area contributed by atoms with E-state index in [-0.39, 0.29) is 5.69 Å². The molecule has 0 N–H and O–H groups in total. The Kier molecular flexibility index (Phi) is 5.56. The molecule has 8 heteroatoms. The zero-order valence-electron chi connectivity index (χ0n) is 12.5. The second kappa shape index (κ2) is 7.62. The van der Waals surface area contributed by atoms with Gasteiger partial charge in [-0.3, -0.25) is 10.1 Å². The maximum Gasteiger partial charge on any atom is 0.269 e. The van der Waals surface area contributed by atoms with Crippen molar-refractivity contribution in [3.05, 3.63) is 51.8 Å². The van der Waals surface area contributed by atoms with Crippen LogP contribution in [0.15, 0.2) is 30.5 Å². The maximum absolute atomic E-state index is 10.6.